The zero-order valence-electron chi connectivity index (χ0n) is 7.87. The molecule has 0 saturated carbocycles. The van der Waals surface area contributed by atoms with Crippen LogP contribution in [-0.4, -0.2) is 23.8 Å². The van der Waals surface area contributed by atoms with Crippen LogP contribution in [0.1, 0.15) is 13.8 Å². The van der Waals surface area contributed by atoms with Crippen LogP contribution < -0.4 is 0 Å². The highest BCUT2D eigenvalue weighted by Gasteiger charge is 2.16. The molecule has 0 spiro atoms. The Balaban J connectivity index is 4.50. The lowest BCUT2D eigenvalue weighted by atomic mass is 10.00. The number of hydrogen-bond donors (Lipinski definition) is 1. The minimum atomic E-state index is -0.939. The van der Waals surface area contributed by atoms with Crippen molar-refractivity contribution in [3.8, 4) is 0 Å². The summed E-state index contributed by atoms with van der Waals surface area (Å²) in [6.45, 7) is 3.30. The zero-order chi connectivity index (χ0) is 10.5. The summed E-state index contributed by atoms with van der Waals surface area (Å²) in [6, 6.07) is 0. The van der Waals surface area contributed by atoms with Crippen LogP contribution >= 0.6 is 22.6 Å². The van der Waals surface area contributed by atoms with E-state index in [1.54, 1.807) is 17.9 Å². The van der Waals surface area contributed by atoms with Crippen LogP contribution in [0, 0.1) is 0 Å². The standard InChI is InChI=1S/C9H13IO3/c1-9(2,12)7(6-10)4-5-8(11)13-3/h4-6,12H,1-3H3/b5-4-,7-6+. The van der Waals surface area contributed by atoms with Crippen molar-refractivity contribution in [3.05, 3.63) is 21.8 Å². The Hall–Kier alpha value is -0.360. The molecule has 13 heavy (non-hydrogen) atoms. The van der Waals surface area contributed by atoms with Gasteiger partial charge < -0.3 is 9.84 Å². The number of ether oxygens (including phenoxy) is 1. The number of hydrogen-bond acceptors (Lipinski definition) is 3. The van der Waals surface area contributed by atoms with E-state index in [1.807, 2.05) is 22.6 Å². The molecule has 4 heteroatoms. The summed E-state index contributed by atoms with van der Waals surface area (Å²) in [5.74, 6) is -0.431. The average Bonchev–Trinajstić information content (AvgIpc) is 2.02. The van der Waals surface area contributed by atoms with Crippen LogP contribution in [0.2, 0.25) is 0 Å². The molecule has 0 amide bonds. The first kappa shape index (κ1) is 12.6. The van der Waals surface area contributed by atoms with Crippen molar-refractivity contribution in [1.29, 1.82) is 0 Å². The van der Waals surface area contributed by atoms with E-state index in [4.69, 9.17) is 0 Å². The lowest BCUT2D eigenvalue weighted by Gasteiger charge is -2.17. The van der Waals surface area contributed by atoms with Gasteiger partial charge in [0, 0.05) is 6.08 Å². The van der Waals surface area contributed by atoms with Gasteiger partial charge in [0.25, 0.3) is 0 Å². The molecule has 0 atom stereocenters. The minimum absolute atomic E-state index is 0.431. The summed E-state index contributed by atoms with van der Waals surface area (Å²) >= 11 is 2.01. The molecular formula is C9H13IO3. The van der Waals surface area contributed by atoms with Crippen molar-refractivity contribution in [1.82, 2.24) is 0 Å². The molecule has 0 fully saturated rings. The van der Waals surface area contributed by atoms with E-state index >= 15 is 0 Å². The third-order valence-electron chi connectivity index (χ3n) is 1.42. The maximum atomic E-state index is 10.7. The van der Waals surface area contributed by atoms with Crippen LogP contribution in [0.15, 0.2) is 21.8 Å². The molecule has 0 saturated heterocycles. The van der Waals surface area contributed by atoms with Gasteiger partial charge >= 0.3 is 5.97 Å². The Morgan fingerprint density at radius 2 is 2.00 bits per heavy atom. The number of carbonyl (C=O) groups is 1. The first-order valence-electron chi connectivity index (χ1n) is 3.71. The van der Waals surface area contributed by atoms with Crippen LogP contribution in [-0.2, 0) is 9.53 Å². The molecule has 0 bridgehead atoms. The van der Waals surface area contributed by atoms with Crippen molar-refractivity contribution < 1.29 is 14.6 Å². The average molecular weight is 296 g/mol. The molecule has 0 aliphatic carbocycles. The fourth-order valence-electron chi connectivity index (χ4n) is 0.600. The van der Waals surface area contributed by atoms with Gasteiger partial charge in [-0.25, -0.2) is 4.79 Å². The molecule has 0 heterocycles. The highest BCUT2D eigenvalue weighted by atomic mass is 127. The van der Waals surface area contributed by atoms with Crippen molar-refractivity contribution in [3.63, 3.8) is 0 Å². The van der Waals surface area contributed by atoms with Gasteiger partial charge in [-0.15, -0.1) is 0 Å². The summed E-state index contributed by atoms with van der Waals surface area (Å²) in [5, 5.41) is 9.59. The first-order chi connectivity index (χ1) is 5.91. The molecule has 0 aliphatic rings. The Labute approximate surface area is 91.6 Å². The van der Waals surface area contributed by atoms with Gasteiger partial charge in [-0.1, -0.05) is 22.6 Å². The summed E-state index contributed by atoms with van der Waals surface area (Å²) in [5.41, 5.74) is -0.274. The van der Waals surface area contributed by atoms with Crippen LogP contribution in [0.4, 0.5) is 0 Å². The van der Waals surface area contributed by atoms with Crippen molar-refractivity contribution in [2.75, 3.05) is 7.11 Å². The smallest absolute Gasteiger partial charge is 0.330 e. The molecule has 0 unspecified atom stereocenters. The van der Waals surface area contributed by atoms with Crippen LogP contribution in [0.5, 0.6) is 0 Å². The van der Waals surface area contributed by atoms with Crippen LogP contribution in [0.3, 0.4) is 0 Å². The molecule has 1 N–H and O–H groups in total. The Morgan fingerprint density at radius 3 is 2.31 bits per heavy atom. The number of esters is 1. The molecule has 74 valence electrons. The second-order valence-electron chi connectivity index (χ2n) is 2.98. The topological polar surface area (TPSA) is 46.5 Å². The van der Waals surface area contributed by atoms with Gasteiger partial charge in [-0.2, -0.15) is 0 Å². The number of halogens is 1. The molecule has 3 nitrogen and oxygen atoms in total. The Kier molecular flexibility index (Phi) is 5.24. The fraction of sp³-hybridized carbons (Fsp3) is 0.444. The predicted molar refractivity (Wildman–Crippen MR) is 59.6 cm³/mol. The van der Waals surface area contributed by atoms with Crippen molar-refractivity contribution >= 4 is 28.6 Å². The summed E-state index contributed by atoms with van der Waals surface area (Å²) < 4.78 is 6.14. The SMILES string of the molecule is COC(=O)/C=C\C(=C/I)C(C)(C)O. The molecule has 0 aliphatic heterocycles. The van der Waals surface area contributed by atoms with E-state index in [1.165, 1.54) is 19.3 Å². The molecule has 0 radical (unpaired) electrons. The maximum absolute atomic E-state index is 10.7. The number of rotatable bonds is 3. The molecule has 0 aromatic rings. The minimum Gasteiger partial charge on any atom is -0.466 e. The summed E-state index contributed by atoms with van der Waals surface area (Å²) in [4.78, 5) is 10.7. The number of methoxy groups -OCH3 is 1. The molecular weight excluding hydrogens is 283 g/mol. The van der Waals surface area contributed by atoms with Gasteiger partial charge in [0.05, 0.1) is 12.7 Å². The van der Waals surface area contributed by atoms with E-state index in [0.717, 1.165) is 0 Å². The van der Waals surface area contributed by atoms with Gasteiger partial charge in [0.15, 0.2) is 0 Å². The van der Waals surface area contributed by atoms with Crippen molar-refractivity contribution in [2.24, 2.45) is 0 Å². The lowest BCUT2D eigenvalue weighted by molar-refractivity contribution is -0.134. The highest BCUT2D eigenvalue weighted by molar-refractivity contribution is 14.1. The Bertz CT molecular complexity index is 236. The van der Waals surface area contributed by atoms with Gasteiger partial charge in [0.1, 0.15) is 0 Å². The van der Waals surface area contributed by atoms with Crippen LogP contribution in [0.25, 0.3) is 0 Å². The normalized spacial score (nSPS) is 13.5. The Morgan fingerprint density at radius 1 is 1.46 bits per heavy atom. The van der Waals surface area contributed by atoms with E-state index in [9.17, 15) is 9.90 Å². The van der Waals surface area contributed by atoms with Gasteiger partial charge in [-0.3, -0.25) is 0 Å². The van der Waals surface area contributed by atoms with E-state index in [0.29, 0.717) is 5.57 Å². The van der Waals surface area contributed by atoms with E-state index in [-0.39, 0.29) is 0 Å². The number of aliphatic hydroxyl groups is 1. The van der Waals surface area contributed by atoms with E-state index < -0.39 is 11.6 Å². The number of carbonyl (C=O) groups excluding carboxylic acids is 1. The molecule has 0 aromatic heterocycles. The van der Waals surface area contributed by atoms with Crippen molar-refractivity contribution in [2.45, 2.75) is 19.4 Å². The lowest BCUT2D eigenvalue weighted by Crippen LogP contribution is -2.20. The second kappa shape index (κ2) is 5.39. The quantitative estimate of drug-likeness (QED) is 0.374. The third-order valence-corrected chi connectivity index (χ3v) is 2.10. The second-order valence-corrected chi connectivity index (χ2v) is 3.60. The molecule has 0 rings (SSSR count). The highest BCUT2D eigenvalue weighted by Crippen LogP contribution is 2.18. The summed E-state index contributed by atoms with van der Waals surface area (Å²) in [6.07, 6.45) is 2.82. The monoisotopic (exact) mass is 296 g/mol. The maximum Gasteiger partial charge on any atom is 0.330 e. The largest absolute Gasteiger partial charge is 0.466 e. The first-order valence-corrected chi connectivity index (χ1v) is 4.95. The van der Waals surface area contributed by atoms with E-state index in [2.05, 4.69) is 4.74 Å². The zero-order valence-corrected chi connectivity index (χ0v) is 10.0. The third kappa shape index (κ3) is 5.05. The van der Waals surface area contributed by atoms with Gasteiger partial charge in [-0.05, 0) is 29.6 Å². The summed E-state index contributed by atoms with van der Waals surface area (Å²) in [7, 11) is 1.31. The van der Waals surface area contributed by atoms with Gasteiger partial charge in [0.2, 0.25) is 0 Å². The molecule has 0 aromatic carbocycles. The fourth-order valence-corrected chi connectivity index (χ4v) is 1.57. The predicted octanol–water partition coefficient (Wildman–Crippen LogP) is 1.81.